The van der Waals surface area contributed by atoms with Gasteiger partial charge in [-0.2, -0.15) is 4.98 Å². The van der Waals surface area contributed by atoms with E-state index in [1.165, 1.54) is 0 Å². The molecule has 0 bridgehead atoms. The molecule has 0 fully saturated rings. The van der Waals surface area contributed by atoms with Gasteiger partial charge in [-0.05, 0) is 18.2 Å². The van der Waals surface area contributed by atoms with Crippen LogP contribution in [0, 0.1) is 5.92 Å². The molecule has 7 heteroatoms. The second kappa shape index (κ2) is 5.98. The summed E-state index contributed by atoms with van der Waals surface area (Å²) in [6.07, 6.45) is 3.31. The van der Waals surface area contributed by atoms with Crippen molar-refractivity contribution in [3.05, 3.63) is 41.6 Å². The number of carbonyl (C=O) groups is 1. The van der Waals surface area contributed by atoms with Crippen molar-refractivity contribution >= 4 is 23.5 Å². The number of allylic oxidation sites excluding steroid dienone is 2. The van der Waals surface area contributed by atoms with Gasteiger partial charge in [-0.3, -0.25) is 4.79 Å². The first-order valence-corrected chi connectivity index (χ1v) is 9.04. The third-order valence-electron chi connectivity index (χ3n) is 4.41. The number of benzene rings is 1. The molecule has 1 aliphatic heterocycles. The maximum absolute atomic E-state index is 12.6. The zero-order chi connectivity index (χ0) is 16.7. The van der Waals surface area contributed by atoms with E-state index in [1.54, 1.807) is 28.6 Å². The molecule has 2 aromatic rings. The van der Waals surface area contributed by atoms with Gasteiger partial charge in [-0.1, -0.05) is 43.0 Å². The molecule has 1 aliphatic carbocycles. The summed E-state index contributed by atoms with van der Waals surface area (Å²) in [7, 11) is 0. The van der Waals surface area contributed by atoms with Gasteiger partial charge in [0.05, 0.1) is 12.0 Å². The monoisotopic (exact) mass is 342 g/mol. The summed E-state index contributed by atoms with van der Waals surface area (Å²) in [5.41, 5.74) is 1.57. The topological polar surface area (TPSA) is 80.0 Å². The van der Waals surface area contributed by atoms with E-state index in [1.807, 2.05) is 19.1 Å². The first kappa shape index (κ1) is 15.3. The number of rotatable bonds is 3. The Kier molecular flexibility index (Phi) is 3.80. The SMILES string of the molecule is CCSc1nc2n(n1)[C@@H](c1ccccc1O)[C@@H]1C(=O)CCC=C1N2. The highest BCUT2D eigenvalue weighted by molar-refractivity contribution is 7.99. The predicted molar refractivity (Wildman–Crippen MR) is 92.1 cm³/mol. The largest absolute Gasteiger partial charge is 0.508 e. The highest BCUT2D eigenvalue weighted by Crippen LogP contribution is 2.43. The fraction of sp³-hybridized carbons (Fsp3) is 0.353. The number of nitrogens with zero attached hydrogens (tertiary/aromatic N) is 3. The molecular formula is C17H18N4O2S. The number of ketones is 1. The summed E-state index contributed by atoms with van der Waals surface area (Å²) in [5.74, 6) is 1.47. The van der Waals surface area contributed by atoms with Gasteiger partial charge in [0.2, 0.25) is 11.1 Å². The van der Waals surface area contributed by atoms with Crippen molar-refractivity contribution in [2.45, 2.75) is 31.0 Å². The maximum Gasteiger partial charge on any atom is 0.227 e. The second-order valence-corrected chi connectivity index (χ2v) is 7.10. The van der Waals surface area contributed by atoms with Gasteiger partial charge in [0, 0.05) is 17.7 Å². The zero-order valence-electron chi connectivity index (χ0n) is 13.3. The number of anilines is 1. The van der Waals surface area contributed by atoms with Crippen molar-refractivity contribution in [3.63, 3.8) is 0 Å². The van der Waals surface area contributed by atoms with E-state index in [9.17, 15) is 9.90 Å². The van der Waals surface area contributed by atoms with Gasteiger partial charge in [-0.15, -0.1) is 5.10 Å². The minimum atomic E-state index is -0.375. The fourth-order valence-corrected chi connectivity index (χ4v) is 3.95. The number of para-hydroxylation sites is 1. The van der Waals surface area contributed by atoms with Gasteiger partial charge >= 0.3 is 0 Å². The molecule has 1 aromatic heterocycles. The molecule has 2 N–H and O–H groups in total. The van der Waals surface area contributed by atoms with Crippen LogP contribution >= 0.6 is 11.8 Å². The second-order valence-electron chi connectivity index (χ2n) is 5.87. The number of fused-ring (bicyclic) bond motifs is 2. The van der Waals surface area contributed by atoms with Crippen molar-refractivity contribution in [1.82, 2.24) is 14.8 Å². The first-order chi connectivity index (χ1) is 11.7. The molecule has 2 aliphatic rings. The lowest BCUT2D eigenvalue weighted by Gasteiger charge is -2.36. The average Bonchev–Trinajstić information content (AvgIpc) is 2.96. The molecular weight excluding hydrogens is 324 g/mol. The lowest BCUT2D eigenvalue weighted by molar-refractivity contribution is -0.123. The van der Waals surface area contributed by atoms with Gasteiger partial charge < -0.3 is 10.4 Å². The molecule has 0 radical (unpaired) electrons. The van der Waals surface area contributed by atoms with Crippen LogP contribution in [0.15, 0.2) is 41.2 Å². The highest BCUT2D eigenvalue weighted by Gasteiger charge is 2.42. The molecule has 0 spiro atoms. The van der Waals surface area contributed by atoms with Crippen LogP contribution in [0.2, 0.25) is 0 Å². The summed E-state index contributed by atoms with van der Waals surface area (Å²) in [4.78, 5) is 17.2. The lowest BCUT2D eigenvalue weighted by Crippen LogP contribution is -2.38. The Labute approximate surface area is 144 Å². The summed E-state index contributed by atoms with van der Waals surface area (Å²) < 4.78 is 1.75. The number of aromatic nitrogens is 3. The normalized spacial score (nSPS) is 22.4. The number of hydrogen-bond donors (Lipinski definition) is 2. The molecule has 124 valence electrons. The quantitative estimate of drug-likeness (QED) is 0.835. The van der Waals surface area contributed by atoms with Gasteiger partial charge in [0.15, 0.2) is 0 Å². The number of thioether (sulfide) groups is 1. The number of aromatic hydroxyl groups is 1. The number of hydrogen-bond acceptors (Lipinski definition) is 6. The molecule has 1 aromatic carbocycles. The Bertz CT molecular complexity index is 830. The molecule has 0 saturated carbocycles. The zero-order valence-corrected chi connectivity index (χ0v) is 14.1. The van der Waals surface area contributed by atoms with Crippen LogP contribution in [-0.4, -0.2) is 31.4 Å². The van der Waals surface area contributed by atoms with Gasteiger partial charge in [-0.25, -0.2) is 4.68 Å². The van der Waals surface area contributed by atoms with Crippen molar-refractivity contribution in [3.8, 4) is 5.75 Å². The maximum atomic E-state index is 12.6. The highest BCUT2D eigenvalue weighted by atomic mass is 32.2. The molecule has 6 nitrogen and oxygen atoms in total. The standard InChI is InChI=1S/C17H18N4O2S/c1-2-24-17-19-16-18-11-7-5-9-13(23)14(11)15(21(16)20-17)10-6-3-4-8-12(10)22/h3-4,6-8,14-15,22H,2,5,9H2,1H3,(H,18,19,20)/t14-,15-/m0/s1. The van der Waals surface area contributed by atoms with E-state index in [2.05, 4.69) is 21.5 Å². The molecule has 0 saturated heterocycles. The van der Waals surface area contributed by atoms with E-state index < -0.39 is 0 Å². The van der Waals surface area contributed by atoms with Gasteiger partial charge in [0.1, 0.15) is 11.5 Å². The van der Waals surface area contributed by atoms with E-state index in [4.69, 9.17) is 0 Å². The van der Waals surface area contributed by atoms with Crippen molar-refractivity contribution in [2.24, 2.45) is 5.92 Å². The Hall–Kier alpha value is -2.28. The first-order valence-electron chi connectivity index (χ1n) is 8.06. The number of Topliss-reactive ketones (excluding diaryl/α,β-unsaturated/α-hetero) is 1. The van der Waals surface area contributed by atoms with Crippen LogP contribution < -0.4 is 5.32 Å². The fourth-order valence-electron chi connectivity index (χ4n) is 3.39. The van der Waals surface area contributed by atoms with Crippen LogP contribution in [-0.2, 0) is 4.79 Å². The smallest absolute Gasteiger partial charge is 0.227 e. The van der Waals surface area contributed by atoms with Gasteiger partial charge in [0.25, 0.3) is 0 Å². The Morgan fingerprint density at radius 2 is 2.25 bits per heavy atom. The van der Waals surface area contributed by atoms with E-state index >= 15 is 0 Å². The number of phenols is 1. The molecule has 2 heterocycles. The van der Waals surface area contributed by atoms with Crippen LogP contribution in [0.25, 0.3) is 0 Å². The van der Waals surface area contributed by atoms with Crippen LogP contribution in [0.5, 0.6) is 5.75 Å². The van der Waals surface area contributed by atoms with Crippen molar-refractivity contribution in [2.75, 3.05) is 11.1 Å². The lowest BCUT2D eigenvalue weighted by atomic mass is 9.80. The molecule has 0 unspecified atom stereocenters. The summed E-state index contributed by atoms with van der Waals surface area (Å²) in [6.45, 7) is 2.05. The minimum absolute atomic E-state index is 0.166. The van der Waals surface area contributed by atoms with E-state index in [0.717, 1.165) is 17.9 Å². The van der Waals surface area contributed by atoms with E-state index in [-0.39, 0.29) is 23.5 Å². The predicted octanol–water partition coefficient (Wildman–Crippen LogP) is 2.97. The summed E-state index contributed by atoms with van der Waals surface area (Å²) in [5, 5.41) is 18.9. The van der Waals surface area contributed by atoms with Crippen LogP contribution in [0.4, 0.5) is 5.95 Å². The molecule has 2 atom stereocenters. The number of nitrogens with one attached hydrogen (secondary N) is 1. The van der Waals surface area contributed by atoms with Crippen molar-refractivity contribution < 1.29 is 9.90 Å². The Morgan fingerprint density at radius 3 is 3.04 bits per heavy atom. The Morgan fingerprint density at radius 1 is 1.42 bits per heavy atom. The van der Waals surface area contributed by atoms with Crippen LogP contribution in [0.3, 0.4) is 0 Å². The average molecular weight is 342 g/mol. The van der Waals surface area contributed by atoms with Crippen molar-refractivity contribution in [1.29, 1.82) is 0 Å². The molecule has 24 heavy (non-hydrogen) atoms. The Balaban J connectivity index is 1.90. The van der Waals surface area contributed by atoms with Crippen LogP contribution in [0.1, 0.15) is 31.4 Å². The minimum Gasteiger partial charge on any atom is -0.508 e. The molecule has 4 rings (SSSR count). The molecule has 0 amide bonds. The summed E-state index contributed by atoms with van der Waals surface area (Å²) >= 11 is 1.55. The number of carbonyl (C=O) groups excluding carboxylic acids is 1. The third-order valence-corrected chi connectivity index (χ3v) is 5.13. The third kappa shape index (κ3) is 2.39. The number of phenolic OH excluding ortho intramolecular Hbond substituents is 1. The summed E-state index contributed by atoms with van der Waals surface area (Å²) in [6, 6.07) is 6.77. The van der Waals surface area contributed by atoms with E-state index in [0.29, 0.717) is 23.1 Å².